The van der Waals surface area contributed by atoms with Crippen LogP contribution in [0, 0.1) is 5.82 Å². The molecule has 1 fully saturated rings. The number of carbonyl (C=O) groups is 1. The minimum atomic E-state index is -4.61. The van der Waals surface area contributed by atoms with Gasteiger partial charge < -0.3 is 11.1 Å². The van der Waals surface area contributed by atoms with E-state index in [9.17, 15) is 26.6 Å². The monoisotopic (exact) mass is 507 g/mol. The molecule has 4 rings (SSSR count). The summed E-state index contributed by atoms with van der Waals surface area (Å²) in [5.74, 6) is -1.06. The van der Waals surface area contributed by atoms with E-state index in [-0.39, 0.29) is 23.8 Å². The van der Waals surface area contributed by atoms with Crippen molar-refractivity contribution in [2.45, 2.75) is 36.5 Å². The number of hydrogen-bond acceptors (Lipinski definition) is 5. The molecule has 2 unspecified atom stereocenters. The number of alkyl halides is 3. The van der Waals surface area contributed by atoms with Crippen LogP contribution in [0.25, 0.3) is 11.3 Å². The van der Waals surface area contributed by atoms with Crippen LogP contribution >= 0.6 is 0 Å². The van der Waals surface area contributed by atoms with Gasteiger partial charge in [-0.3, -0.25) is 9.78 Å². The van der Waals surface area contributed by atoms with Crippen molar-refractivity contribution >= 4 is 22.7 Å². The predicted octanol–water partition coefficient (Wildman–Crippen LogP) is 3.69. The second kappa shape index (κ2) is 10.1. The topological polar surface area (TPSA) is 101 Å². The Morgan fingerprint density at radius 3 is 2.60 bits per heavy atom. The normalized spacial score (nSPS) is 17.3. The summed E-state index contributed by atoms with van der Waals surface area (Å²) >= 11 is 0. The lowest BCUT2D eigenvalue weighted by Crippen LogP contribution is -2.43. The van der Waals surface area contributed by atoms with E-state index in [0.29, 0.717) is 35.5 Å². The lowest BCUT2D eigenvalue weighted by Gasteiger charge is -2.22. The zero-order chi connectivity index (χ0) is 25.2. The van der Waals surface area contributed by atoms with Gasteiger partial charge in [-0.25, -0.2) is 17.9 Å². The van der Waals surface area contributed by atoms with E-state index in [1.807, 2.05) is 0 Å². The van der Waals surface area contributed by atoms with Crippen molar-refractivity contribution in [3.05, 3.63) is 71.8 Å². The number of rotatable bonds is 6. The van der Waals surface area contributed by atoms with Crippen molar-refractivity contribution in [2.75, 3.05) is 12.3 Å². The van der Waals surface area contributed by atoms with E-state index < -0.39 is 34.7 Å². The van der Waals surface area contributed by atoms with Gasteiger partial charge in [-0.2, -0.15) is 13.2 Å². The molecular formula is C23H21F4N5O2S. The number of nitrogens with one attached hydrogen (secondary N) is 1. The van der Waals surface area contributed by atoms with Gasteiger partial charge in [-0.1, -0.05) is 0 Å². The number of hydrogen-bond donors (Lipinski definition) is 2. The fraction of sp³-hybridized carbons (Fsp3) is 0.261. The molecule has 2 atom stereocenters. The Bertz CT molecular complexity index is 1250. The fourth-order valence-electron chi connectivity index (χ4n) is 3.77. The molecular weight excluding hydrogens is 486 g/mol. The Labute approximate surface area is 201 Å². The lowest BCUT2D eigenvalue weighted by molar-refractivity contribution is -0.141. The van der Waals surface area contributed by atoms with E-state index in [4.69, 9.17) is 5.73 Å². The summed E-state index contributed by atoms with van der Waals surface area (Å²) in [5, 5.41) is 2.81. The average molecular weight is 508 g/mol. The minimum Gasteiger partial charge on any atom is -0.383 e. The van der Waals surface area contributed by atoms with Crippen molar-refractivity contribution in [1.29, 1.82) is 0 Å². The summed E-state index contributed by atoms with van der Waals surface area (Å²) in [6.45, 7) is 0.581. The van der Waals surface area contributed by atoms with E-state index in [0.717, 1.165) is 6.07 Å². The highest BCUT2D eigenvalue weighted by Gasteiger charge is 2.35. The first kappa shape index (κ1) is 24.7. The molecule has 35 heavy (non-hydrogen) atoms. The van der Waals surface area contributed by atoms with Crippen LogP contribution in [0.4, 0.5) is 23.4 Å². The first-order valence-electron chi connectivity index (χ1n) is 10.6. The van der Waals surface area contributed by atoms with Crippen LogP contribution in [0.3, 0.4) is 0 Å². The largest absolute Gasteiger partial charge is 0.433 e. The quantitative estimate of drug-likeness (QED) is 0.496. The zero-order valence-electron chi connectivity index (χ0n) is 18.3. The van der Waals surface area contributed by atoms with Crippen molar-refractivity contribution in [1.82, 2.24) is 19.6 Å². The van der Waals surface area contributed by atoms with Gasteiger partial charge in [0.05, 0.1) is 10.6 Å². The Morgan fingerprint density at radius 1 is 1.17 bits per heavy atom. The summed E-state index contributed by atoms with van der Waals surface area (Å²) in [7, 11) is -1.61. The Morgan fingerprint density at radius 2 is 1.91 bits per heavy atom. The average Bonchev–Trinajstić information content (AvgIpc) is 3.32. The van der Waals surface area contributed by atoms with E-state index in [2.05, 4.69) is 15.3 Å². The highest BCUT2D eigenvalue weighted by Crippen LogP contribution is 2.31. The van der Waals surface area contributed by atoms with Crippen LogP contribution in [0.5, 0.6) is 0 Å². The fourth-order valence-corrected chi connectivity index (χ4v) is 5.14. The van der Waals surface area contributed by atoms with Crippen LogP contribution in [-0.2, 0) is 28.5 Å². The molecule has 0 radical (unpaired) electrons. The number of nitrogen functional groups attached to an aromatic ring is 1. The predicted molar refractivity (Wildman–Crippen MR) is 121 cm³/mol. The molecule has 0 saturated carbocycles. The number of carbonyl (C=O) groups excluding carboxylic acids is 1. The molecule has 0 spiro atoms. The number of pyridine rings is 2. The molecule has 1 aliphatic heterocycles. The maximum atomic E-state index is 13.2. The van der Waals surface area contributed by atoms with Gasteiger partial charge in [-0.05, 0) is 66.9 Å². The molecule has 2 aromatic heterocycles. The molecule has 1 saturated heterocycles. The molecule has 7 nitrogen and oxygen atoms in total. The summed E-state index contributed by atoms with van der Waals surface area (Å²) in [6.07, 6.45) is -1.95. The van der Waals surface area contributed by atoms with Crippen LogP contribution in [-0.4, -0.2) is 37.0 Å². The van der Waals surface area contributed by atoms with Crippen LogP contribution < -0.4 is 11.1 Å². The van der Waals surface area contributed by atoms with Crippen molar-refractivity contribution in [3.8, 4) is 11.3 Å². The number of nitrogens with two attached hydrogens (primary N) is 1. The highest BCUT2D eigenvalue weighted by molar-refractivity contribution is 7.82. The molecule has 3 aromatic rings. The smallest absolute Gasteiger partial charge is 0.383 e. The van der Waals surface area contributed by atoms with E-state index in [1.54, 1.807) is 16.4 Å². The zero-order valence-corrected chi connectivity index (χ0v) is 19.1. The number of anilines is 1. The summed E-state index contributed by atoms with van der Waals surface area (Å²) in [6, 6.07) is 9.98. The van der Waals surface area contributed by atoms with Crippen molar-refractivity contribution < 1.29 is 26.6 Å². The third kappa shape index (κ3) is 5.65. The Balaban J connectivity index is 1.43. The Hall–Kier alpha value is -3.38. The van der Waals surface area contributed by atoms with Gasteiger partial charge in [0, 0.05) is 24.8 Å². The standard InChI is InChI=1S/C23H21F4N5O2S/c24-15-3-5-16(6-4-15)35(34)32-11-1-2-19(32)22(33)30-13-14-9-10-29-18(12-14)17-7-8-20(23(25,26)27)31-21(17)28/h3-10,12,19H,1-2,11,13H2,(H2,28,31)(H,30,33). The molecule has 1 aromatic carbocycles. The minimum absolute atomic E-state index is 0.121. The summed E-state index contributed by atoms with van der Waals surface area (Å²) < 4.78 is 66.2. The van der Waals surface area contributed by atoms with Crippen molar-refractivity contribution in [2.24, 2.45) is 0 Å². The first-order valence-corrected chi connectivity index (χ1v) is 11.7. The lowest BCUT2D eigenvalue weighted by atomic mass is 10.1. The molecule has 3 N–H and O–H groups in total. The van der Waals surface area contributed by atoms with Crippen molar-refractivity contribution in [3.63, 3.8) is 0 Å². The second-order valence-electron chi connectivity index (χ2n) is 7.90. The highest BCUT2D eigenvalue weighted by atomic mass is 32.2. The van der Waals surface area contributed by atoms with Gasteiger partial charge in [-0.15, -0.1) is 0 Å². The molecule has 12 heteroatoms. The third-order valence-corrected chi connectivity index (χ3v) is 7.06. The van der Waals surface area contributed by atoms with Gasteiger partial charge in [0.2, 0.25) is 5.91 Å². The third-order valence-electron chi connectivity index (χ3n) is 5.52. The van der Waals surface area contributed by atoms with Crippen LogP contribution in [0.2, 0.25) is 0 Å². The van der Waals surface area contributed by atoms with E-state index in [1.165, 1.54) is 36.5 Å². The van der Waals surface area contributed by atoms with Gasteiger partial charge >= 0.3 is 6.18 Å². The van der Waals surface area contributed by atoms with Crippen LogP contribution in [0.15, 0.2) is 59.6 Å². The maximum absolute atomic E-state index is 13.2. The van der Waals surface area contributed by atoms with Gasteiger partial charge in [0.15, 0.2) is 0 Å². The summed E-state index contributed by atoms with van der Waals surface area (Å²) in [4.78, 5) is 20.8. The number of amides is 1. The summed E-state index contributed by atoms with van der Waals surface area (Å²) in [5.41, 5.74) is 5.83. The number of benzene rings is 1. The number of nitrogens with zero attached hydrogens (tertiary/aromatic N) is 3. The number of aromatic nitrogens is 2. The molecule has 3 heterocycles. The maximum Gasteiger partial charge on any atom is 0.433 e. The molecule has 1 amide bonds. The first-order chi connectivity index (χ1) is 16.6. The molecule has 1 aliphatic rings. The SMILES string of the molecule is Nc1nc(C(F)(F)F)ccc1-c1cc(CNC(=O)C2CCCN2S(=O)c2ccc(F)cc2)ccn1. The Kier molecular flexibility index (Phi) is 7.13. The van der Waals surface area contributed by atoms with E-state index >= 15 is 0 Å². The number of halogens is 4. The van der Waals surface area contributed by atoms with Gasteiger partial charge in [0.1, 0.15) is 34.4 Å². The van der Waals surface area contributed by atoms with Gasteiger partial charge in [0.25, 0.3) is 0 Å². The molecule has 184 valence electrons. The molecule has 0 aliphatic carbocycles. The second-order valence-corrected chi connectivity index (χ2v) is 9.33. The van der Waals surface area contributed by atoms with Crippen LogP contribution in [0.1, 0.15) is 24.1 Å². The molecule has 0 bridgehead atoms.